The Morgan fingerprint density at radius 1 is 1.19 bits per heavy atom. The molecule has 9 heteroatoms. The third-order valence-corrected chi connectivity index (χ3v) is 6.79. The Labute approximate surface area is 218 Å². The zero-order valence-corrected chi connectivity index (χ0v) is 21.3. The molecule has 0 aliphatic carbocycles. The van der Waals surface area contributed by atoms with E-state index in [1.807, 2.05) is 13.0 Å². The fraction of sp³-hybridized carbons (Fsp3) is 0.214. The van der Waals surface area contributed by atoms with E-state index in [2.05, 4.69) is 11.6 Å². The van der Waals surface area contributed by atoms with Crippen molar-refractivity contribution in [3.8, 4) is 5.75 Å². The number of carbonyl (C=O) groups excluding carboxylic acids is 3. The van der Waals surface area contributed by atoms with E-state index in [4.69, 9.17) is 9.47 Å². The second-order valence-electron chi connectivity index (χ2n) is 8.25. The van der Waals surface area contributed by atoms with Gasteiger partial charge in [-0.15, -0.1) is 0 Å². The van der Waals surface area contributed by atoms with Gasteiger partial charge in [-0.25, -0.2) is 9.78 Å². The molecule has 1 aliphatic heterocycles. The lowest BCUT2D eigenvalue weighted by Crippen LogP contribution is -2.29. The van der Waals surface area contributed by atoms with Crippen molar-refractivity contribution < 1.29 is 29.0 Å². The molecule has 1 unspecified atom stereocenters. The zero-order valence-electron chi connectivity index (χ0n) is 20.5. The van der Waals surface area contributed by atoms with E-state index in [1.54, 1.807) is 55.5 Å². The van der Waals surface area contributed by atoms with Crippen molar-refractivity contribution in [2.75, 3.05) is 18.1 Å². The molecule has 1 fully saturated rings. The van der Waals surface area contributed by atoms with Crippen LogP contribution in [0.25, 0.3) is 5.76 Å². The molecule has 37 heavy (non-hydrogen) atoms. The number of Topliss-reactive ketones (excluding diaryl/α,β-unsaturated/α-hetero) is 1. The van der Waals surface area contributed by atoms with Gasteiger partial charge >= 0.3 is 11.9 Å². The summed E-state index contributed by atoms with van der Waals surface area (Å²) in [6.45, 7) is 7.67. The Balaban J connectivity index is 1.83. The van der Waals surface area contributed by atoms with Crippen molar-refractivity contribution in [2.24, 2.45) is 0 Å². The molecule has 2 heterocycles. The van der Waals surface area contributed by atoms with E-state index >= 15 is 0 Å². The van der Waals surface area contributed by atoms with Crippen LogP contribution in [0.15, 0.2) is 72.8 Å². The van der Waals surface area contributed by atoms with Crippen molar-refractivity contribution in [2.45, 2.75) is 26.3 Å². The number of aliphatic hydroxyl groups is 1. The van der Waals surface area contributed by atoms with Crippen LogP contribution in [0.2, 0.25) is 0 Å². The second kappa shape index (κ2) is 11.2. The number of aromatic nitrogens is 1. The summed E-state index contributed by atoms with van der Waals surface area (Å²) in [6, 6.07) is 14.7. The molecule has 1 N–H and O–H groups in total. The van der Waals surface area contributed by atoms with E-state index in [9.17, 15) is 19.5 Å². The van der Waals surface area contributed by atoms with E-state index in [1.165, 1.54) is 11.0 Å². The van der Waals surface area contributed by atoms with Crippen LogP contribution < -0.4 is 9.64 Å². The third-order valence-electron chi connectivity index (χ3n) is 5.65. The summed E-state index contributed by atoms with van der Waals surface area (Å²) >= 11 is 0.949. The number of benzene rings is 2. The maximum atomic E-state index is 13.4. The van der Waals surface area contributed by atoms with Gasteiger partial charge in [0.1, 0.15) is 23.0 Å². The average Bonchev–Trinajstić information content (AvgIpc) is 3.42. The normalized spacial score (nSPS) is 16.6. The van der Waals surface area contributed by atoms with Crippen molar-refractivity contribution in [1.29, 1.82) is 0 Å². The molecule has 1 aliphatic rings. The highest BCUT2D eigenvalue weighted by atomic mass is 32.1. The van der Waals surface area contributed by atoms with Crippen LogP contribution in [0.3, 0.4) is 0 Å². The van der Waals surface area contributed by atoms with Gasteiger partial charge in [-0.2, -0.15) is 0 Å². The van der Waals surface area contributed by atoms with Crippen LogP contribution in [0.5, 0.6) is 5.75 Å². The lowest BCUT2D eigenvalue weighted by Gasteiger charge is -2.23. The molecule has 0 bridgehead atoms. The van der Waals surface area contributed by atoms with Crippen LogP contribution in [0.4, 0.5) is 5.13 Å². The predicted molar refractivity (Wildman–Crippen MR) is 141 cm³/mol. The lowest BCUT2D eigenvalue weighted by atomic mass is 9.95. The molecule has 190 valence electrons. The SMILES string of the molecule is C=CCOC(=O)c1sc(N2C(=O)C(=O)/C(=C(/O)c3cccc(OCCC)c3)C2c2ccccc2)nc1C. The number of thiazole rings is 1. The van der Waals surface area contributed by atoms with Gasteiger partial charge in [0, 0.05) is 5.56 Å². The topological polar surface area (TPSA) is 106 Å². The molecule has 1 atom stereocenters. The Morgan fingerprint density at radius 2 is 1.95 bits per heavy atom. The first kappa shape index (κ1) is 25.8. The number of anilines is 1. The molecule has 4 rings (SSSR count). The maximum absolute atomic E-state index is 13.4. The Kier molecular flexibility index (Phi) is 7.83. The number of aliphatic hydroxyl groups excluding tert-OH is 1. The van der Waals surface area contributed by atoms with Crippen molar-refractivity contribution in [3.05, 3.63) is 94.5 Å². The molecule has 1 saturated heterocycles. The fourth-order valence-corrected chi connectivity index (χ4v) is 4.95. The highest BCUT2D eigenvalue weighted by Crippen LogP contribution is 2.44. The Bertz CT molecular complexity index is 1380. The monoisotopic (exact) mass is 518 g/mol. The molecule has 8 nitrogen and oxygen atoms in total. The van der Waals surface area contributed by atoms with Crippen LogP contribution in [-0.4, -0.2) is 41.0 Å². The Morgan fingerprint density at radius 3 is 2.65 bits per heavy atom. The van der Waals surface area contributed by atoms with Crippen LogP contribution in [0, 0.1) is 6.92 Å². The van der Waals surface area contributed by atoms with Crippen molar-refractivity contribution in [3.63, 3.8) is 0 Å². The molecule has 0 spiro atoms. The Hall–Kier alpha value is -4.24. The molecular formula is C28H26N2O6S. The first-order valence-electron chi connectivity index (χ1n) is 11.7. The van der Waals surface area contributed by atoms with Crippen LogP contribution >= 0.6 is 11.3 Å². The number of nitrogens with zero attached hydrogens (tertiary/aromatic N) is 2. The number of ketones is 1. The number of rotatable bonds is 9. The van der Waals surface area contributed by atoms with Gasteiger partial charge in [-0.05, 0) is 31.0 Å². The minimum atomic E-state index is -0.955. The largest absolute Gasteiger partial charge is 0.507 e. The first-order chi connectivity index (χ1) is 17.9. The first-order valence-corrected chi connectivity index (χ1v) is 12.5. The average molecular weight is 519 g/mol. The standard InChI is InChI=1S/C28H26N2O6S/c1-4-14-35-20-13-9-12-19(16-20)23(31)21-22(18-10-7-6-8-11-18)30(26(33)24(21)32)28-29-17(3)25(37-28)27(34)36-15-5-2/h5-13,16,22,31H,2,4,14-15H2,1,3H3/b23-21+. The minimum Gasteiger partial charge on any atom is -0.507 e. The molecule has 1 aromatic heterocycles. The summed E-state index contributed by atoms with van der Waals surface area (Å²) in [6.07, 6.45) is 2.26. The molecular weight excluding hydrogens is 492 g/mol. The zero-order chi connectivity index (χ0) is 26.5. The highest BCUT2D eigenvalue weighted by molar-refractivity contribution is 7.17. The summed E-state index contributed by atoms with van der Waals surface area (Å²) in [7, 11) is 0. The number of esters is 1. The lowest BCUT2D eigenvalue weighted by molar-refractivity contribution is -0.132. The van der Waals surface area contributed by atoms with Gasteiger partial charge in [0.05, 0.1) is 23.9 Å². The molecule has 0 radical (unpaired) electrons. The summed E-state index contributed by atoms with van der Waals surface area (Å²) in [5.41, 5.74) is 1.23. The number of carbonyl (C=O) groups is 3. The number of amides is 1. The third kappa shape index (κ3) is 5.17. The summed E-state index contributed by atoms with van der Waals surface area (Å²) in [5.74, 6) is -2.09. The van der Waals surface area contributed by atoms with Gasteiger partial charge in [0.25, 0.3) is 5.78 Å². The summed E-state index contributed by atoms with van der Waals surface area (Å²) < 4.78 is 10.8. The molecule has 0 saturated carbocycles. The van der Waals surface area contributed by atoms with E-state index in [0.29, 0.717) is 29.2 Å². The fourth-order valence-electron chi connectivity index (χ4n) is 3.96. The number of hydrogen-bond acceptors (Lipinski definition) is 8. The maximum Gasteiger partial charge on any atom is 0.350 e. The number of ether oxygens (including phenoxy) is 2. The molecule has 1 amide bonds. The predicted octanol–water partition coefficient (Wildman–Crippen LogP) is 5.21. The summed E-state index contributed by atoms with van der Waals surface area (Å²) in [4.78, 5) is 45.0. The van der Waals surface area contributed by atoms with E-state index in [0.717, 1.165) is 17.8 Å². The van der Waals surface area contributed by atoms with Crippen molar-refractivity contribution >= 4 is 39.9 Å². The smallest absolute Gasteiger partial charge is 0.350 e. The van der Waals surface area contributed by atoms with Gasteiger partial charge in [0.2, 0.25) is 0 Å². The van der Waals surface area contributed by atoms with Crippen molar-refractivity contribution in [1.82, 2.24) is 4.98 Å². The van der Waals surface area contributed by atoms with Gasteiger partial charge in [-0.1, -0.05) is 73.4 Å². The van der Waals surface area contributed by atoms with Gasteiger partial charge in [0.15, 0.2) is 5.13 Å². The number of hydrogen-bond donors (Lipinski definition) is 1. The quantitative estimate of drug-likeness (QED) is 0.136. The molecule has 3 aromatic rings. The van der Waals surface area contributed by atoms with Gasteiger partial charge in [-0.3, -0.25) is 14.5 Å². The van der Waals surface area contributed by atoms with E-state index < -0.39 is 23.7 Å². The van der Waals surface area contributed by atoms with Crippen LogP contribution in [-0.2, 0) is 14.3 Å². The second-order valence-corrected chi connectivity index (χ2v) is 9.23. The van der Waals surface area contributed by atoms with Gasteiger partial charge < -0.3 is 14.6 Å². The van der Waals surface area contributed by atoms with E-state index in [-0.39, 0.29) is 27.9 Å². The summed E-state index contributed by atoms with van der Waals surface area (Å²) in [5, 5.41) is 11.5. The highest BCUT2D eigenvalue weighted by Gasteiger charge is 2.48. The minimum absolute atomic E-state index is 0.0288. The molecule has 2 aromatic carbocycles. The number of aryl methyl sites for hydroxylation is 1. The van der Waals surface area contributed by atoms with Crippen LogP contribution in [0.1, 0.15) is 45.9 Å².